The van der Waals surface area contributed by atoms with Gasteiger partial charge < -0.3 is 5.32 Å². The molecule has 0 radical (unpaired) electrons. The van der Waals surface area contributed by atoms with E-state index in [9.17, 15) is 0 Å². The van der Waals surface area contributed by atoms with E-state index in [0.717, 1.165) is 24.8 Å². The molecule has 0 saturated heterocycles. The maximum absolute atomic E-state index is 4.13. The van der Waals surface area contributed by atoms with Gasteiger partial charge in [-0.25, -0.2) is 9.97 Å². The first-order chi connectivity index (χ1) is 7.47. The molecule has 0 aliphatic heterocycles. The molecule has 1 rings (SSSR count). The van der Waals surface area contributed by atoms with Crippen LogP contribution in [0.4, 0.5) is 5.95 Å². The molecule has 0 aromatic carbocycles. The molecular formula is C13H23N3. The van der Waals surface area contributed by atoms with Crippen molar-refractivity contribution in [3.05, 3.63) is 18.5 Å². The number of rotatable bonds is 5. The van der Waals surface area contributed by atoms with Crippen LogP contribution in [0, 0.1) is 11.3 Å². The van der Waals surface area contributed by atoms with Crippen LogP contribution < -0.4 is 5.32 Å². The summed E-state index contributed by atoms with van der Waals surface area (Å²) in [5.74, 6) is 1.46. The van der Waals surface area contributed by atoms with Gasteiger partial charge in [-0.1, -0.05) is 27.7 Å². The molecule has 1 N–H and O–H groups in total. The average Bonchev–Trinajstić information content (AvgIpc) is 2.16. The first-order valence-electron chi connectivity index (χ1n) is 5.98. The molecule has 1 aromatic heterocycles. The third-order valence-corrected chi connectivity index (χ3v) is 2.45. The number of hydrogen-bond donors (Lipinski definition) is 1. The second-order valence-corrected chi connectivity index (χ2v) is 5.66. The molecule has 3 nitrogen and oxygen atoms in total. The minimum absolute atomic E-state index is 0.419. The fraction of sp³-hybridized carbons (Fsp3) is 0.692. The number of anilines is 1. The van der Waals surface area contributed by atoms with Crippen molar-refractivity contribution in [2.45, 2.75) is 40.5 Å². The van der Waals surface area contributed by atoms with Crippen LogP contribution in [0.2, 0.25) is 0 Å². The van der Waals surface area contributed by atoms with E-state index in [1.165, 1.54) is 6.42 Å². The molecule has 1 atom stereocenters. The van der Waals surface area contributed by atoms with E-state index in [4.69, 9.17) is 0 Å². The molecule has 1 aromatic rings. The van der Waals surface area contributed by atoms with Gasteiger partial charge in [-0.3, -0.25) is 0 Å². The predicted octanol–water partition coefficient (Wildman–Crippen LogP) is 3.35. The summed E-state index contributed by atoms with van der Waals surface area (Å²) in [4.78, 5) is 8.26. The smallest absolute Gasteiger partial charge is 0.222 e. The SMILES string of the molecule is CC(CCNc1ncccn1)CC(C)(C)C. The Kier molecular flexibility index (Phi) is 4.71. The molecule has 0 amide bonds. The molecule has 16 heavy (non-hydrogen) atoms. The highest BCUT2D eigenvalue weighted by molar-refractivity contribution is 5.21. The molecule has 1 heterocycles. The Bertz CT molecular complexity index is 290. The average molecular weight is 221 g/mol. The molecular weight excluding hydrogens is 198 g/mol. The van der Waals surface area contributed by atoms with Gasteiger partial charge in [0.15, 0.2) is 0 Å². The lowest BCUT2D eigenvalue weighted by molar-refractivity contribution is 0.300. The van der Waals surface area contributed by atoms with Gasteiger partial charge in [0.1, 0.15) is 0 Å². The lowest BCUT2D eigenvalue weighted by atomic mass is 9.84. The summed E-state index contributed by atoms with van der Waals surface area (Å²) in [6.45, 7) is 10.1. The van der Waals surface area contributed by atoms with Crippen LogP contribution in [0.25, 0.3) is 0 Å². The molecule has 3 heteroatoms. The van der Waals surface area contributed by atoms with E-state index >= 15 is 0 Å². The summed E-state index contributed by atoms with van der Waals surface area (Å²) in [6.07, 6.45) is 5.93. The zero-order valence-corrected chi connectivity index (χ0v) is 10.8. The Morgan fingerprint density at radius 1 is 1.25 bits per heavy atom. The standard InChI is InChI=1S/C13H23N3/c1-11(10-13(2,3)4)6-9-16-12-14-7-5-8-15-12/h5,7-8,11H,6,9-10H2,1-4H3,(H,14,15,16). The summed E-state index contributed by atoms with van der Waals surface area (Å²) >= 11 is 0. The van der Waals surface area contributed by atoms with Gasteiger partial charge in [0.2, 0.25) is 5.95 Å². The van der Waals surface area contributed by atoms with Gasteiger partial charge in [0.25, 0.3) is 0 Å². The Hall–Kier alpha value is -1.12. The van der Waals surface area contributed by atoms with E-state index in [1.807, 2.05) is 6.07 Å². The summed E-state index contributed by atoms with van der Waals surface area (Å²) in [5.41, 5.74) is 0.419. The van der Waals surface area contributed by atoms with Crippen LogP contribution in [0.5, 0.6) is 0 Å². The Morgan fingerprint density at radius 2 is 1.88 bits per heavy atom. The van der Waals surface area contributed by atoms with Crippen molar-refractivity contribution in [2.75, 3.05) is 11.9 Å². The maximum atomic E-state index is 4.13. The lowest BCUT2D eigenvalue weighted by Gasteiger charge is -2.23. The summed E-state index contributed by atoms with van der Waals surface area (Å²) in [6, 6.07) is 1.83. The third kappa shape index (κ3) is 5.69. The normalized spacial score (nSPS) is 13.5. The fourth-order valence-corrected chi connectivity index (χ4v) is 1.97. The van der Waals surface area contributed by atoms with Gasteiger partial charge in [0, 0.05) is 18.9 Å². The maximum Gasteiger partial charge on any atom is 0.222 e. The van der Waals surface area contributed by atoms with Gasteiger partial charge in [-0.2, -0.15) is 0 Å². The number of nitrogens with one attached hydrogen (secondary N) is 1. The molecule has 0 spiro atoms. The molecule has 90 valence electrons. The summed E-state index contributed by atoms with van der Waals surface area (Å²) in [7, 11) is 0. The zero-order chi connectivity index (χ0) is 12.0. The molecule has 0 aliphatic rings. The highest BCUT2D eigenvalue weighted by Crippen LogP contribution is 2.25. The van der Waals surface area contributed by atoms with E-state index in [-0.39, 0.29) is 0 Å². The van der Waals surface area contributed by atoms with Crippen LogP contribution in [-0.4, -0.2) is 16.5 Å². The van der Waals surface area contributed by atoms with Gasteiger partial charge in [-0.05, 0) is 30.2 Å². The Morgan fingerprint density at radius 3 is 2.44 bits per heavy atom. The molecule has 0 saturated carbocycles. The van der Waals surface area contributed by atoms with Crippen LogP contribution in [0.3, 0.4) is 0 Å². The monoisotopic (exact) mass is 221 g/mol. The first-order valence-corrected chi connectivity index (χ1v) is 5.98. The number of aromatic nitrogens is 2. The minimum atomic E-state index is 0.419. The van der Waals surface area contributed by atoms with Crippen LogP contribution >= 0.6 is 0 Å². The third-order valence-electron chi connectivity index (χ3n) is 2.45. The predicted molar refractivity (Wildman–Crippen MR) is 68.4 cm³/mol. The summed E-state index contributed by atoms with van der Waals surface area (Å²) < 4.78 is 0. The van der Waals surface area contributed by atoms with Crippen molar-refractivity contribution in [1.82, 2.24) is 9.97 Å². The van der Waals surface area contributed by atoms with Gasteiger partial charge >= 0.3 is 0 Å². The van der Waals surface area contributed by atoms with Crippen molar-refractivity contribution in [1.29, 1.82) is 0 Å². The Balaban J connectivity index is 2.21. The topological polar surface area (TPSA) is 37.8 Å². The van der Waals surface area contributed by atoms with E-state index in [0.29, 0.717) is 5.41 Å². The van der Waals surface area contributed by atoms with Crippen molar-refractivity contribution in [2.24, 2.45) is 11.3 Å². The summed E-state index contributed by atoms with van der Waals surface area (Å²) in [5, 5.41) is 3.24. The van der Waals surface area contributed by atoms with E-state index in [1.54, 1.807) is 12.4 Å². The van der Waals surface area contributed by atoms with Crippen molar-refractivity contribution >= 4 is 5.95 Å². The van der Waals surface area contributed by atoms with Gasteiger partial charge in [-0.15, -0.1) is 0 Å². The molecule has 0 fully saturated rings. The second-order valence-electron chi connectivity index (χ2n) is 5.66. The van der Waals surface area contributed by atoms with Crippen LogP contribution in [0.15, 0.2) is 18.5 Å². The quantitative estimate of drug-likeness (QED) is 0.828. The van der Waals surface area contributed by atoms with Crippen LogP contribution in [-0.2, 0) is 0 Å². The van der Waals surface area contributed by atoms with Gasteiger partial charge in [0.05, 0.1) is 0 Å². The Labute approximate surface area is 98.7 Å². The van der Waals surface area contributed by atoms with E-state index < -0.39 is 0 Å². The largest absolute Gasteiger partial charge is 0.354 e. The van der Waals surface area contributed by atoms with Crippen molar-refractivity contribution in [3.63, 3.8) is 0 Å². The highest BCUT2D eigenvalue weighted by atomic mass is 15.1. The number of nitrogens with zero attached hydrogens (tertiary/aromatic N) is 2. The lowest BCUT2D eigenvalue weighted by Crippen LogP contribution is -2.14. The van der Waals surface area contributed by atoms with Crippen LogP contribution in [0.1, 0.15) is 40.5 Å². The highest BCUT2D eigenvalue weighted by Gasteiger charge is 2.14. The minimum Gasteiger partial charge on any atom is -0.354 e. The van der Waals surface area contributed by atoms with Crippen molar-refractivity contribution < 1.29 is 0 Å². The zero-order valence-electron chi connectivity index (χ0n) is 10.8. The van der Waals surface area contributed by atoms with E-state index in [2.05, 4.69) is 43.0 Å². The molecule has 0 aliphatic carbocycles. The number of hydrogen-bond acceptors (Lipinski definition) is 3. The molecule has 0 bridgehead atoms. The first kappa shape index (κ1) is 12.9. The van der Waals surface area contributed by atoms with Crippen molar-refractivity contribution in [3.8, 4) is 0 Å². The fourth-order valence-electron chi connectivity index (χ4n) is 1.97. The second kappa shape index (κ2) is 5.83. The molecule has 1 unspecified atom stereocenters.